The Bertz CT molecular complexity index is 567. The number of amides is 1. The number of aromatic nitrogens is 1. The lowest BCUT2D eigenvalue weighted by Crippen LogP contribution is -2.08. The second kappa shape index (κ2) is 5.98. The van der Waals surface area contributed by atoms with E-state index in [1.165, 1.54) is 6.08 Å². The number of halogens is 1. The molecule has 0 aliphatic carbocycles. The van der Waals surface area contributed by atoms with Gasteiger partial charge < -0.3 is 5.32 Å². The van der Waals surface area contributed by atoms with E-state index >= 15 is 0 Å². The van der Waals surface area contributed by atoms with E-state index in [0.717, 1.165) is 5.56 Å². The Labute approximate surface area is 110 Å². The van der Waals surface area contributed by atoms with Crippen molar-refractivity contribution in [2.75, 3.05) is 5.32 Å². The third-order valence-electron chi connectivity index (χ3n) is 2.19. The Morgan fingerprint density at radius 1 is 1.22 bits per heavy atom. The minimum atomic E-state index is -0.228. The van der Waals surface area contributed by atoms with Crippen LogP contribution in [0.15, 0.2) is 54.7 Å². The highest BCUT2D eigenvalue weighted by Crippen LogP contribution is 2.11. The van der Waals surface area contributed by atoms with Gasteiger partial charge in [-0.05, 0) is 35.9 Å². The Morgan fingerprint density at radius 2 is 2.11 bits per heavy atom. The molecule has 0 fully saturated rings. The second-order valence-electron chi connectivity index (χ2n) is 3.59. The maximum atomic E-state index is 11.6. The Hall–Kier alpha value is -2.13. The summed E-state index contributed by atoms with van der Waals surface area (Å²) in [5, 5.41) is 3.30. The van der Waals surface area contributed by atoms with Crippen molar-refractivity contribution in [1.29, 1.82) is 0 Å². The molecule has 1 aromatic carbocycles. The van der Waals surface area contributed by atoms with Crippen LogP contribution >= 0.6 is 11.6 Å². The molecule has 2 rings (SSSR count). The van der Waals surface area contributed by atoms with Crippen molar-refractivity contribution >= 4 is 29.4 Å². The van der Waals surface area contributed by atoms with Gasteiger partial charge in [0.1, 0.15) is 5.82 Å². The largest absolute Gasteiger partial charge is 0.307 e. The van der Waals surface area contributed by atoms with Gasteiger partial charge in [0.2, 0.25) is 5.91 Å². The Morgan fingerprint density at radius 3 is 2.83 bits per heavy atom. The van der Waals surface area contributed by atoms with E-state index < -0.39 is 0 Å². The SMILES string of the molecule is O=C(C=Cc1cccc(Cl)c1)Nc1ccccn1. The first-order valence-corrected chi connectivity index (χ1v) is 5.77. The van der Waals surface area contributed by atoms with Crippen LogP contribution in [0.2, 0.25) is 5.02 Å². The quantitative estimate of drug-likeness (QED) is 0.858. The third-order valence-corrected chi connectivity index (χ3v) is 2.43. The molecule has 0 spiro atoms. The van der Waals surface area contributed by atoms with Gasteiger partial charge in [-0.1, -0.05) is 29.8 Å². The van der Waals surface area contributed by atoms with Crippen molar-refractivity contribution in [2.45, 2.75) is 0 Å². The molecule has 0 unspecified atom stereocenters. The zero-order valence-corrected chi connectivity index (χ0v) is 10.3. The number of hydrogen-bond acceptors (Lipinski definition) is 2. The average Bonchev–Trinajstić information content (AvgIpc) is 2.38. The van der Waals surface area contributed by atoms with Crippen molar-refractivity contribution in [3.63, 3.8) is 0 Å². The molecule has 0 atom stereocenters. The molecule has 3 nitrogen and oxygen atoms in total. The van der Waals surface area contributed by atoms with Gasteiger partial charge in [0, 0.05) is 17.3 Å². The minimum Gasteiger partial charge on any atom is -0.307 e. The van der Waals surface area contributed by atoms with E-state index in [1.54, 1.807) is 36.5 Å². The van der Waals surface area contributed by atoms with Crippen molar-refractivity contribution < 1.29 is 4.79 Å². The van der Waals surface area contributed by atoms with E-state index in [-0.39, 0.29) is 5.91 Å². The lowest BCUT2D eigenvalue weighted by atomic mass is 10.2. The van der Waals surface area contributed by atoms with Crippen LogP contribution in [0.3, 0.4) is 0 Å². The van der Waals surface area contributed by atoms with Gasteiger partial charge in [-0.15, -0.1) is 0 Å². The van der Waals surface area contributed by atoms with Crippen molar-refractivity contribution in [2.24, 2.45) is 0 Å². The Balaban J connectivity index is 1.99. The van der Waals surface area contributed by atoms with E-state index in [0.29, 0.717) is 10.8 Å². The fourth-order valence-electron chi connectivity index (χ4n) is 1.39. The summed E-state index contributed by atoms with van der Waals surface area (Å²) >= 11 is 5.85. The van der Waals surface area contributed by atoms with E-state index in [9.17, 15) is 4.79 Å². The predicted molar refractivity (Wildman–Crippen MR) is 73.4 cm³/mol. The fourth-order valence-corrected chi connectivity index (χ4v) is 1.59. The van der Waals surface area contributed by atoms with Crippen LogP contribution in [0.5, 0.6) is 0 Å². The molecule has 1 N–H and O–H groups in total. The fraction of sp³-hybridized carbons (Fsp3) is 0. The number of nitrogens with zero attached hydrogens (tertiary/aromatic N) is 1. The minimum absolute atomic E-state index is 0.228. The first-order chi connectivity index (χ1) is 8.74. The van der Waals surface area contributed by atoms with Gasteiger partial charge in [0.15, 0.2) is 0 Å². The van der Waals surface area contributed by atoms with Crippen molar-refractivity contribution in [3.8, 4) is 0 Å². The van der Waals surface area contributed by atoms with Gasteiger partial charge >= 0.3 is 0 Å². The van der Waals surface area contributed by atoms with Gasteiger partial charge in [0.25, 0.3) is 0 Å². The van der Waals surface area contributed by atoms with E-state index in [2.05, 4.69) is 10.3 Å². The number of anilines is 1. The van der Waals surface area contributed by atoms with Gasteiger partial charge in [-0.3, -0.25) is 4.79 Å². The number of pyridine rings is 1. The van der Waals surface area contributed by atoms with Crippen LogP contribution in [0.4, 0.5) is 5.82 Å². The molecule has 2 aromatic rings. The maximum Gasteiger partial charge on any atom is 0.249 e. The molecule has 0 aliphatic rings. The summed E-state index contributed by atoms with van der Waals surface area (Å²) in [7, 11) is 0. The molecule has 18 heavy (non-hydrogen) atoms. The zero-order chi connectivity index (χ0) is 12.8. The smallest absolute Gasteiger partial charge is 0.249 e. The lowest BCUT2D eigenvalue weighted by molar-refractivity contribution is -0.111. The predicted octanol–water partition coefficient (Wildman–Crippen LogP) is 3.39. The molecule has 0 aliphatic heterocycles. The summed E-state index contributed by atoms with van der Waals surface area (Å²) in [6.45, 7) is 0. The van der Waals surface area contributed by atoms with Gasteiger partial charge in [0.05, 0.1) is 0 Å². The number of benzene rings is 1. The van der Waals surface area contributed by atoms with Gasteiger partial charge in [-0.2, -0.15) is 0 Å². The van der Waals surface area contributed by atoms with Crippen LogP contribution in [-0.2, 0) is 4.79 Å². The summed E-state index contributed by atoms with van der Waals surface area (Å²) in [5.41, 5.74) is 0.874. The van der Waals surface area contributed by atoms with Crippen LogP contribution in [0.1, 0.15) is 5.56 Å². The summed E-state index contributed by atoms with van der Waals surface area (Å²) in [4.78, 5) is 15.6. The van der Waals surface area contributed by atoms with Crippen LogP contribution in [0, 0.1) is 0 Å². The molecule has 1 heterocycles. The van der Waals surface area contributed by atoms with Crippen LogP contribution in [-0.4, -0.2) is 10.9 Å². The molecular weight excluding hydrogens is 248 g/mol. The number of hydrogen-bond donors (Lipinski definition) is 1. The molecule has 0 saturated carbocycles. The molecular formula is C14H11ClN2O. The maximum absolute atomic E-state index is 11.6. The summed E-state index contributed by atoms with van der Waals surface area (Å²) < 4.78 is 0. The molecule has 1 amide bonds. The Kier molecular flexibility index (Phi) is 4.10. The zero-order valence-electron chi connectivity index (χ0n) is 9.51. The van der Waals surface area contributed by atoms with E-state index in [1.807, 2.05) is 18.2 Å². The first kappa shape index (κ1) is 12.3. The summed E-state index contributed by atoms with van der Waals surface area (Å²) in [6, 6.07) is 12.6. The van der Waals surface area contributed by atoms with Crippen molar-refractivity contribution in [3.05, 3.63) is 65.3 Å². The second-order valence-corrected chi connectivity index (χ2v) is 4.03. The highest BCUT2D eigenvalue weighted by atomic mass is 35.5. The highest BCUT2D eigenvalue weighted by molar-refractivity contribution is 6.30. The molecule has 1 aromatic heterocycles. The molecule has 4 heteroatoms. The van der Waals surface area contributed by atoms with Crippen LogP contribution in [0.25, 0.3) is 6.08 Å². The third kappa shape index (κ3) is 3.71. The number of carbonyl (C=O) groups excluding carboxylic acids is 1. The number of carbonyl (C=O) groups is 1. The lowest BCUT2D eigenvalue weighted by Gasteiger charge is -1.99. The van der Waals surface area contributed by atoms with Crippen LogP contribution < -0.4 is 5.32 Å². The monoisotopic (exact) mass is 258 g/mol. The molecule has 0 radical (unpaired) electrons. The molecule has 90 valence electrons. The van der Waals surface area contributed by atoms with E-state index in [4.69, 9.17) is 11.6 Å². The number of nitrogens with one attached hydrogen (secondary N) is 1. The number of rotatable bonds is 3. The molecule has 0 saturated heterocycles. The molecule has 0 bridgehead atoms. The topological polar surface area (TPSA) is 42.0 Å². The average molecular weight is 259 g/mol. The standard InChI is InChI=1S/C14H11ClN2O/c15-12-5-3-4-11(10-12)7-8-14(18)17-13-6-1-2-9-16-13/h1-10H,(H,16,17,18). The van der Waals surface area contributed by atoms with Gasteiger partial charge in [-0.25, -0.2) is 4.98 Å². The first-order valence-electron chi connectivity index (χ1n) is 5.40. The highest BCUT2D eigenvalue weighted by Gasteiger charge is 1.97. The summed E-state index contributed by atoms with van der Waals surface area (Å²) in [6.07, 6.45) is 4.76. The van der Waals surface area contributed by atoms with Crippen molar-refractivity contribution in [1.82, 2.24) is 4.98 Å². The normalized spacial score (nSPS) is 10.5. The summed E-state index contributed by atoms with van der Waals surface area (Å²) in [5.74, 6) is 0.298.